The predicted molar refractivity (Wildman–Crippen MR) is 137 cm³/mol. The average Bonchev–Trinajstić information content (AvgIpc) is 2.86. The van der Waals surface area contributed by atoms with Crippen LogP contribution < -0.4 is 9.64 Å². The van der Waals surface area contributed by atoms with Crippen molar-refractivity contribution in [1.29, 1.82) is 0 Å². The predicted octanol–water partition coefficient (Wildman–Crippen LogP) is 4.40. The lowest BCUT2D eigenvalue weighted by Crippen LogP contribution is -2.28. The molecule has 2 aromatic carbocycles. The molecule has 8 nitrogen and oxygen atoms in total. The van der Waals surface area contributed by atoms with Gasteiger partial charge in [-0.05, 0) is 42.8 Å². The van der Waals surface area contributed by atoms with Gasteiger partial charge in [0.05, 0.1) is 41.0 Å². The first-order valence-electron chi connectivity index (χ1n) is 11.2. The Hall–Kier alpha value is -3.52. The molecule has 1 amide bonds. The van der Waals surface area contributed by atoms with Gasteiger partial charge in [-0.15, -0.1) is 0 Å². The maximum atomic E-state index is 13.7. The van der Waals surface area contributed by atoms with Crippen LogP contribution >= 0.6 is 0 Å². The normalized spacial score (nSPS) is 12.3. The first-order chi connectivity index (χ1) is 18.0. The van der Waals surface area contributed by atoms with Crippen LogP contribution in [0.4, 0.5) is 23.2 Å². The summed E-state index contributed by atoms with van der Waals surface area (Å²) in [4.78, 5) is 17.6. The number of rotatable bonds is 9. The fourth-order valence-corrected chi connectivity index (χ4v) is 5.99. The van der Waals surface area contributed by atoms with Crippen LogP contribution in [0.1, 0.15) is 22.3 Å². The molecule has 0 atom stereocenters. The summed E-state index contributed by atoms with van der Waals surface area (Å²) in [6.07, 6.45) is -1.74. The van der Waals surface area contributed by atoms with Gasteiger partial charge < -0.3 is 9.64 Å². The molecular formula is C25H24F4N2O6S2. The Morgan fingerprint density at radius 2 is 1.69 bits per heavy atom. The quantitative estimate of drug-likeness (QED) is 0.341. The van der Waals surface area contributed by atoms with E-state index in [1.807, 2.05) is 0 Å². The lowest BCUT2D eigenvalue weighted by Gasteiger charge is -2.22. The Morgan fingerprint density at radius 3 is 2.31 bits per heavy atom. The van der Waals surface area contributed by atoms with E-state index in [1.165, 1.54) is 38.7 Å². The van der Waals surface area contributed by atoms with Gasteiger partial charge in [0.2, 0.25) is 0 Å². The molecule has 0 saturated carbocycles. The van der Waals surface area contributed by atoms with Crippen molar-refractivity contribution in [2.24, 2.45) is 0 Å². The number of amides is 1. The topological polar surface area (TPSA) is 111 Å². The van der Waals surface area contributed by atoms with E-state index in [0.717, 1.165) is 29.4 Å². The molecule has 39 heavy (non-hydrogen) atoms. The van der Waals surface area contributed by atoms with Gasteiger partial charge in [0.1, 0.15) is 21.4 Å². The van der Waals surface area contributed by atoms with Gasteiger partial charge in [-0.2, -0.15) is 13.2 Å². The van der Waals surface area contributed by atoms with Crippen molar-refractivity contribution in [2.45, 2.75) is 17.5 Å². The number of ether oxygens (including phenoxy) is 1. The van der Waals surface area contributed by atoms with Crippen LogP contribution in [0.3, 0.4) is 0 Å². The molecule has 3 rings (SSSR count). The zero-order chi connectivity index (χ0) is 29.2. The number of halogens is 4. The van der Waals surface area contributed by atoms with E-state index in [0.29, 0.717) is 23.3 Å². The molecular weight excluding hydrogens is 564 g/mol. The van der Waals surface area contributed by atoms with Crippen molar-refractivity contribution in [2.75, 3.05) is 36.8 Å². The van der Waals surface area contributed by atoms with Gasteiger partial charge in [0, 0.05) is 42.3 Å². The van der Waals surface area contributed by atoms with Crippen LogP contribution in [0.2, 0.25) is 0 Å². The third kappa shape index (κ3) is 7.32. The highest BCUT2D eigenvalue weighted by molar-refractivity contribution is 7.92. The highest BCUT2D eigenvalue weighted by Crippen LogP contribution is 2.37. The first kappa shape index (κ1) is 30.0. The number of hydrogen-bond acceptors (Lipinski definition) is 7. The summed E-state index contributed by atoms with van der Waals surface area (Å²) >= 11 is 0. The van der Waals surface area contributed by atoms with Crippen molar-refractivity contribution in [3.05, 3.63) is 71.8 Å². The molecule has 0 aliphatic carbocycles. The number of carbonyl (C=O) groups is 1. The Kier molecular flexibility index (Phi) is 8.70. The van der Waals surface area contributed by atoms with Crippen LogP contribution in [-0.4, -0.2) is 59.6 Å². The summed E-state index contributed by atoms with van der Waals surface area (Å²) in [6, 6.07) is 6.94. The van der Waals surface area contributed by atoms with Crippen LogP contribution in [0, 0.1) is 5.82 Å². The number of nitrogens with zero attached hydrogens (tertiary/aromatic N) is 2. The molecule has 0 aliphatic rings. The second kappa shape index (κ2) is 11.3. The van der Waals surface area contributed by atoms with E-state index in [-0.39, 0.29) is 17.9 Å². The lowest BCUT2D eigenvalue weighted by molar-refractivity contribution is -0.137. The monoisotopic (exact) mass is 588 g/mol. The minimum atomic E-state index is -4.98. The van der Waals surface area contributed by atoms with E-state index >= 15 is 0 Å². The van der Waals surface area contributed by atoms with Crippen molar-refractivity contribution in [3.8, 4) is 16.9 Å². The number of pyridine rings is 1. The largest absolute Gasteiger partial charge is 0.496 e. The SMILES string of the molecule is COc1cc(F)ccc1-c1ccncc1N(C)C(=O)c1cc(C(F)(F)F)cc(S(=O)(=O)CCCS(C)(=O)=O)c1. The van der Waals surface area contributed by atoms with Gasteiger partial charge in [0.15, 0.2) is 9.84 Å². The summed E-state index contributed by atoms with van der Waals surface area (Å²) in [5, 5.41) is 0. The van der Waals surface area contributed by atoms with Crippen molar-refractivity contribution < 1.29 is 43.9 Å². The van der Waals surface area contributed by atoms with Crippen LogP contribution in [0.5, 0.6) is 5.75 Å². The van der Waals surface area contributed by atoms with E-state index in [1.54, 1.807) is 0 Å². The average molecular weight is 589 g/mol. The summed E-state index contributed by atoms with van der Waals surface area (Å²) in [5.74, 6) is -2.64. The molecule has 0 aliphatic heterocycles. The molecule has 0 saturated heterocycles. The fraction of sp³-hybridized carbons (Fsp3) is 0.280. The Morgan fingerprint density at radius 1 is 1.00 bits per heavy atom. The summed E-state index contributed by atoms with van der Waals surface area (Å²) in [5.41, 5.74) is -1.10. The van der Waals surface area contributed by atoms with Gasteiger partial charge in [-0.3, -0.25) is 9.78 Å². The Labute approximate surface area is 223 Å². The minimum Gasteiger partial charge on any atom is -0.496 e. The number of aromatic nitrogens is 1. The summed E-state index contributed by atoms with van der Waals surface area (Å²) in [6.45, 7) is 0. The maximum Gasteiger partial charge on any atom is 0.416 e. The third-order valence-electron chi connectivity index (χ3n) is 5.69. The molecule has 1 heterocycles. The number of sulfone groups is 2. The molecule has 0 N–H and O–H groups in total. The second-order valence-electron chi connectivity index (χ2n) is 8.65. The van der Waals surface area contributed by atoms with E-state index in [2.05, 4.69) is 4.98 Å². The molecule has 0 bridgehead atoms. The summed E-state index contributed by atoms with van der Waals surface area (Å²) < 4.78 is 108. The molecule has 14 heteroatoms. The van der Waals surface area contributed by atoms with Gasteiger partial charge in [-0.25, -0.2) is 21.2 Å². The molecule has 0 spiro atoms. The van der Waals surface area contributed by atoms with E-state index < -0.39 is 65.1 Å². The first-order valence-corrected chi connectivity index (χ1v) is 14.9. The van der Waals surface area contributed by atoms with Crippen LogP contribution in [0.15, 0.2) is 59.8 Å². The van der Waals surface area contributed by atoms with Crippen molar-refractivity contribution in [3.63, 3.8) is 0 Å². The minimum absolute atomic E-state index is 0.127. The van der Waals surface area contributed by atoms with Gasteiger partial charge in [0.25, 0.3) is 5.91 Å². The molecule has 0 unspecified atom stereocenters. The highest BCUT2D eigenvalue weighted by Gasteiger charge is 2.34. The number of carbonyl (C=O) groups excluding carboxylic acids is 1. The standard InChI is InChI=1S/C25H24F4N2O6S2/c1-31(22-15-30-8-7-20(22)21-6-5-18(26)14-23(21)37-2)24(32)16-11-17(25(27,28)29)13-19(12-16)39(35,36)10-4-9-38(3,33)34/h5-8,11-15H,4,9-10H2,1-3H3. The number of anilines is 1. The number of benzene rings is 2. The van der Waals surface area contributed by atoms with Gasteiger partial charge >= 0.3 is 6.18 Å². The maximum absolute atomic E-state index is 13.7. The second-order valence-corrected chi connectivity index (χ2v) is 13.0. The van der Waals surface area contributed by atoms with Crippen LogP contribution in [-0.2, 0) is 25.9 Å². The molecule has 3 aromatic rings. The zero-order valence-corrected chi connectivity index (χ0v) is 22.6. The molecule has 1 aromatic heterocycles. The van der Waals surface area contributed by atoms with Crippen molar-refractivity contribution >= 4 is 31.3 Å². The summed E-state index contributed by atoms with van der Waals surface area (Å²) in [7, 11) is -5.30. The van der Waals surface area contributed by atoms with Crippen LogP contribution in [0.25, 0.3) is 11.1 Å². The molecule has 0 fully saturated rings. The number of methoxy groups -OCH3 is 1. The smallest absolute Gasteiger partial charge is 0.416 e. The number of alkyl halides is 3. The van der Waals surface area contributed by atoms with E-state index in [9.17, 15) is 39.2 Å². The Balaban J connectivity index is 2.08. The fourth-order valence-electron chi connectivity index (χ4n) is 3.77. The van der Waals surface area contributed by atoms with E-state index in [4.69, 9.17) is 4.74 Å². The molecule has 210 valence electrons. The van der Waals surface area contributed by atoms with Crippen molar-refractivity contribution in [1.82, 2.24) is 4.98 Å². The zero-order valence-electron chi connectivity index (χ0n) is 21.0. The third-order valence-corrected chi connectivity index (χ3v) is 8.50. The lowest BCUT2D eigenvalue weighted by atomic mass is 10.0. The van der Waals surface area contributed by atoms with Gasteiger partial charge in [-0.1, -0.05) is 0 Å². The molecule has 0 radical (unpaired) electrons. The Bertz CT molecular complexity index is 1610. The highest BCUT2D eigenvalue weighted by atomic mass is 32.2. The number of hydrogen-bond donors (Lipinski definition) is 0.